The maximum absolute atomic E-state index is 17.0. The standard InChI is InChI=1S/C32H36ClF2N7O2/c1-17-9-19(17)24-22(33)10-23-20(13-37-40-23)25(24)28-26(35)27-21(12-36-28)29(41-7-3-5-31(2,43)15-41)39-30(38-27)44-16-32-6-4-8-42(32)14-18(34)11-32/h10,12-13,17-19,43H,3-9,11,14-16H2,1-2H3,(H,37,40)/t17-,18-,19+,31-,32+/m1/s1. The first kappa shape index (κ1) is 28.3. The van der Waals surface area contributed by atoms with E-state index in [0.717, 1.165) is 43.2 Å². The van der Waals surface area contributed by atoms with E-state index >= 15 is 4.39 Å². The molecule has 3 saturated heterocycles. The van der Waals surface area contributed by atoms with Gasteiger partial charge in [-0.05, 0) is 69.0 Å². The molecule has 4 aliphatic rings. The van der Waals surface area contributed by atoms with Crippen LogP contribution in [0.3, 0.4) is 0 Å². The smallest absolute Gasteiger partial charge is 0.319 e. The van der Waals surface area contributed by atoms with Crippen LogP contribution in [0.5, 0.6) is 6.01 Å². The normalized spacial score (nSPS) is 30.4. The largest absolute Gasteiger partial charge is 0.461 e. The first-order valence-electron chi connectivity index (χ1n) is 15.6. The second kappa shape index (κ2) is 10.2. The number of anilines is 1. The molecule has 232 valence electrons. The number of rotatable bonds is 6. The van der Waals surface area contributed by atoms with Crippen molar-refractivity contribution in [1.82, 2.24) is 30.0 Å². The van der Waals surface area contributed by atoms with E-state index in [4.69, 9.17) is 26.3 Å². The predicted molar refractivity (Wildman–Crippen MR) is 165 cm³/mol. The van der Waals surface area contributed by atoms with Gasteiger partial charge in [0.25, 0.3) is 0 Å². The molecule has 0 radical (unpaired) electrons. The van der Waals surface area contributed by atoms with Gasteiger partial charge in [-0.3, -0.25) is 15.0 Å². The number of pyridine rings is 1. The molecule has 12 heteroatoms. The summed E-state index contributed by atoms with van der Waals surface area (Å²) in [5.41, 5.74) is 1.11. The third-order valence-corrected chi connectivity index (χ3v) is 10.6. The topological polar surface area (TPSA) is 103 Å². The van der Waals surface area contributed by atoms with E-state index in [9.17, 15) is 9.50 Å². The quantitative estimate of drug-likeness (QED) is 0.278. The zero-order chi connectivity index (χ0) is 30.4. The van der Waals surface area contributed by atoms with Gasteiger partial charge >= 0.3 is 6.01 Å². The summed E-state index contributed by atoms with van der Waals surface area (Å²) < 4.78 is 37.7. The van der Waals surface area contributed by atoms with Crippen LogP contribution in [0.4, 0.5) is 14.6 Å². The number of nitrogens with zero attached hydrogens (tertiary/aromatic N) is 6. The highest BCUT2D eigenvalue weighted by atomic mass is 35.5. The Kier molecular flexibility index (Phi) is 6.56. The first-order valence-corrected chi connectivity index (χ1v) is 16.0. The number of aliphatic hydroxyl groups is 1. The van der Waals surface area contributed by atoms with Crippen LogP contribution in [-0.2, 0) is 0 Å². The highest BCUT2D eigenvalue weighted by Crippen LogP contribution is 2.54. The Morgan fingerprint density at radius 3 is 2.80 bits per heavy atom. The van der Waals surface area contributed by atoms with E-state index in [1.54, 1.807) is 19.3 Å². The Labute approximate surface area is 259 Å². The number of halogens is 3. The monoisotopic (exact) mass is 623 g/mol. The van der Waals surface area contributed by atoms with Gasteiger partial charge in [0.05, 0.1) is 28.2 Å². The van der Waals surface area contributed by atoms with E-state index in [1.807, 2.05) is 11.0 Å². The molecule has 0 bridgehead atoms. The van der Waals surface area contributed by atoms with Gasteiger partial charge < -0.3 is 14.7 Å². The minimum atomic E-state index is -0.921. The lowest BCUT2D eigenvalue weighted by Gasteiger charge is -2.38. The number of aromatic amines is 1. The van der Waals surface area contributed by atoms with Crippen LogP contribution < -0.4 is 9.64 Å². The number of H-pyrrole nitrogens is 1. The number of β-amino-alcohol motifs (C(OH)–C–C–N with tert-alkyl or cyclic N) is 1. The van der Waals surface area contributed by atoms with Crippen molar-refractivity contribution in [3.63, 3.8) is 0 Å². The number of nitrogens with one attached hydrogen (secondary N) is 1. The Morgan fingerprint density at radius 2 is 2.00 bits per heavy atom. The number of fused-ring (bicyclic) bond motifs is 3. The highest BCUT2D eigenvalue weighted by molar-refractivity contribution is 6.33. The Hall–Kier alpha value is -3.15. The maximum atomic E-state index is 17.0. The van der Waals surface area contributed by atoms with Gasteiger partial charge in [-0.15, -0.1) is 0 Å². The summed E-state index contributed by atoms with van der Waals surface area (Å²) in [6, 6.07) is 1.88. The molecule has 1 aromatic carbocycles. The van der Waals surface area contributed by atoms with Crippen LogP contribution in [0.2, 0.25) is 5.02 Å². The number of benzene rings is 1. The van der Waals surface area contributed by atoms with Gasteiger partial charge in [0.1, 0.15) is 29.8 Å². The van der Waals surface area contributed by atoms with Crippen LogP contribution in [0, 0.1) is 11.7 Å². The number of aromatic nitrogens is 5. The van der Waals surface area contributed by atoms with Crippen molar-refractivity contribution >= 4 is 39.2 Å². The van der Waals surface area contributed by atoms with Crippen LogP contribution in [-0.4, -0.2) is 85.3 Å². The molecule has 0 spiro atoms. The summed E-state index contributed by atoms with van der Waals surface area (Å²) in [5.74, 6) is 0.496. The van der Waals surface area contributed by atoms with Crippen LogP contribution >= 0.6 is 11.6 Å². The first-order chi connectivity index (χ1) is 21.1. The lowest BCUT2D eigenvalue weighted by molar-refractivity contribution is 0.0447. The molecule has 4 aromatic rings. The average Bonchev–Trinajstić information content (AvgIpc) is 3.26. The summed E-state index contributed by atoms with van der Waals surface area (Å²) >= 11 is 6.82. The summed E-state index contributed by atoms with van der Waals surface area (Å²) in [6.45, 7) is 6.40. The van der Waals surface area contributed by atoms with Gasteiger partial charge in [0.15, 0.2) is 5.82 Å². The van der Waals surface area contributed by atoms with Crippen molar-refractivity contribution in [3.8, 4) is 17.3 Å². The van der Waals surface area contributed by atoms with Gasteiger partial charge in [-0.1, -0.05) is 18.5 Å². The second-order valence-corrected chi connectivity index (χ2v) is 14.1. The Bertz CT molecular complexity index is 1780. The minimum absolute atomic E-state index is 0.0351. The van der Waals surface area contributed by atoms with Crippen molar-refractivity contribution in [2.45, 2.75) is 75.6 Å². The van der Waals surface area contributed by atoms with E-state index in [-0.39, 0.29) is 29.7 Å². The van der Waals surface area contributed by atoms with E-state index < -0.39 is 23.1 Å². The van der Waals surface area contributed by atoms with E-state index in [0.29, 0.717) is 65.7 Å². The molecule has 3 aliphatic heterocycles. The van der Waals surface area contributed by atoms with Gasteiger partial charge in [0, 0.05) is 48.2 Å². The fourth-order valence-corrected chi connectivity index (χ4v) is 8.31. The van der Waals surface area contributed by atoms with Crippen molar-refractivity contribution in [2.24, 2.45) is 5.92 Å². The lowest BCUT2D eigenvalue weighted by Crippen LogP contribution is -2.46. The predicted octanol–water partition coefficient (Wildman–Crippen LogP) is 5.79. The molecule has 8 rings (SSSR count). The molecule has 1 saturated carbocycles. The number of hydrogen-bond donors (Lipinski definition) is 2. The Morgan fingerprint density at radius 1 is 1.18 bits per heavy atom. The molecule has 4 fully saturated rings. The number of hydrogen-bond acceptors (Lipinski definition) is 8. The van der Waals surface area contributed by atoms with Crippen molar-refractivity contribution in [2.75, 3.05) is 37.7 Å². The minimum Gasteiger partial charge on any atom is -0.461 e. The number of piperidine rings is 1. The molecule has 0 unspecified atom stereocenters. The lowest BCUT2D eigenvalue weighted by atomic mass is 9.94. The molecular formula is C32H36ClF2N7O2. The van der Waals surface area contributed by atoms with Crippen LogP contribution in [0.1, 0.15) is 63.9 Å². The van der Waals surface area contributed by atoms with Gasteiger partial charge in [-0.25, -0.2) is 8.78 Å². The van der Waals surface area contributed by atoms with Crippen LogP contribution in [0.25, 0.3) is 33.1 Å². The fraction of sp³-hybridized carbons (Fsp3) is 0.562. The van der Waals surface area contributed by atoms with E-state index in [2.05, 4.69) is 27.0 Å². The average molecular weight is 624 g/mol. The molecule has 5 atom stereocenters. The molecule has 44 heavy (non-hydrogen) atoms. The SMILES string of the molecule is C[C@@H]1C[C@@H]1c1c(Cl)cc2[nH]ncc2c1-c1ncc2c(N3CCC[C@@](C)(O)C3)nc(OC[C@@]34CCCN3C[C@H](F)C4)nc2c1F. The van der Waals surface area contributed by atoms with Gasteiger partial charge in [0.2, 0.25) is 0 Å². The number of ether oxygens (including phenoxy) is 1. The Balaban J connectivity index is 1.28. The zero-order valence-electron chi connectivity index (χ0n) is 24.9. The summed E-state index contributed by atoms with van der Waals surface area (Å²) in [6.07, 6.45) is 7.01. The molecule has 9 nitrogen and oxygen atoms in total. The maximum Gasteiger partial charge on any atom is 0.319 e. The third-order valence-electron chi connectivity index (χ3n) is 10.3. The zero-order valence-corrected chi connectivity index (χ0v) is 25.7. The van der Waals surface area contributed by atoms with Crippen molar-refractivity contribution < 1.29 is 18.6 Å². The van der Waals surface area contributed by atoms with Crippen molar-refractivity contribution in [3.05, 3.63) is 34.9 Å². The van der Waals surface area contributed by atoms with Crippen molar-refractivity contribution in [1.29, 1.82) is 0 Å². The third kappa shape index (κ3) is 4.61. The molecule has 1 aliphatic carbocycles. The molecule has 2 N–H and O–H groups in total. The van der Waals surface area contributed by atoms with Gasteiger partial charge in [-0.2, -0.15) is 15.1 Å². The summed E-state index contributed by atoms with van der Waals surface area (Å²) in [5, 5.41) is 19.8. The molecular weight excluding hydrogens is 588 g/mol. The molecule has 0 amide bonds. The van der Waals surface area contributed by atoms with E-state index in [1.165, 1.54) is 0 Å². The number of alkyl halides is 1. The fourth-order valence-electron chi connectivity index (χ4n) is 7.97. The molecule has 3 aromatic heterocycles. The molecule has 6 heterocycles. The second-order valence-electron chi connectivity index (χ2n) is 13.7. The summed E-state index contributed by atoms with van der Waals surface area (Å²) in [7, 11) is 0. The van der Waals surface area contributed by atoms with Crippen LogP contribution in [0.15, 0.2) is 18.5 Å². The highest BCUT2D eigenvalue weighted by Gasteiger charge is 2.49. The summed E-state index contributed by atoms with van der Waals surface area (Å²) in [4.78, 5) is 18.2.